The highest BCUT2D eigenvalue weighted by atomic mass is 19.2. The summed E-state index contributed by atoms with van der Waals surface area (Å²) in [5.41, 5.74) is -0.0697. The summed E-state index contributed by atoms with van der Waals surface area (Å²) in [7, 11) is 0. The third-order valence-corrected chi connectivity index (χ3v) is 2.30. The quantitative estimate of drug-likeness (QED) is 0.724. The summed E-state index contributed by atoms with van der Waals surface area (Å²) in [4.78, 5) is 0. The zero-order valence-corrected chi connectivity index (χ0v) is 7.90. The Labute approximate surface area is 85.0 Å². The third kappa shape index (κ3) is 2.13. The highest BCUT2D eigenvalue weighted by molar-refractivity contribution is 5.23. The molecule has 1 heterocycles. The lowest BCUT2D eigenvalue weighted by Gasteiger charge is -2.24. The van der Waals surface area contributed by atoms with Crippen molar-refractivity contribution in [3.8, 4) is 0 Å². The number of nitrogens with one attached hydrogen (secondary N) is 1. The van der Waals surface area contributed by atoms with E-state index in [0.29, 0.717) is 25.8 Å². The van der Waals surface area contributed by atoms with E-state index in [2.05, 4.69) is 5.32 Å². The van der Waals surface area contributed by atoms with Crippen LogP contribution in [0.5, 0.6) is 0 Å². The number of halogens is 3. The Hall–Kier alpha value is -1.07. The molecule has 1 atom stereocenters. The van der Waals surface area contributed by atoms with Crippen LogP contribution < -0.4 is 5.32 Å². The highest BCUT2D eigenvalue weighted by Crippen LogP contribution is 2.24. The molecule has 0 aromatic heterocycles. The SMILES string of the molecule is Fc1cc(F)c(F)c(C2CNCCO2)c1. The summed E-state index contributed by atoms with van der Waals surface area (Å²) in [6, 6.07) is 1.49. The van der Waals surface area contributed by atoms with Crippen molar-refractivity contribution in [2.45, 2.75) is 6.10 Å². The van der Waals surface area contributed by atoms with Crippen molar-refractivity contribution in [1.82, 2.24) is 5.32 Å². The van der Waals surface area contributed by atoms with Crippen LogP contribution in [0, 0.1) is 17.5 Å². The predicted molar refractivity (Wildman–Crippen MR) is 47.9 cm³/mol. The second-order valence-electron chi connectivity index (χ2n) is 3.35. The fraction of sp³-hybridized carbons (Fsp3) is 0.400. The maximum atomic E-state index is 13.3. The molecule has 0 aliphatic carbocycles. The summed E-state index contributed by atoms with van der Waals surface area (Å²) in [6.45, 7) is 1.43. The van der Waals surface area contributed by atoms with Gasteiger partial charge in [0.05, 0.1) is 12.7 Å². The zero-order valence-electron chi connectivity index (χ0n) is 7.90. The van der Waals surface area contributed by atoms with E-state index in [0.717, 1.165) is 6.07 Å². The molecule has 0 saturated carbocycles. The van der Waals surface area contributed by atoms with Crippen LogP contribution in [0.25, 0.3) is 0 Å². The molecule has 0 bridgehead atoms. The molecule has 1 saturated heterocycles. The molecular weight excluding hydrogens is 207 g/mol. The van der Waals surface area contributed by atoms with Gasteiger partial charge in [-0.2, -0.15) is 0 Å². The summed E-state index contributed by atoms with van der Waals surface area (Å²) >= 11 is 0. The first-order valence-corrected chi connectivity index (χ1v) is 4.65. The summed E-state index contributed by atoms with van der Waals surface area (Å²) in [5, 5.41) is 2.96. The van der Waals surface area contributed by atoms with Gasteiger partial charge in [-0.3, -0.25) is 0 Å². The van der Waals surface area contributed by atoms with Crippen molar-refractivity contribution in [3.05, 3.63) is 35.1 Å². The largest absolute Gasteiger partial charge is 0.371 e. The highest BCUT2D eigenvalue weighted by Gasteiger charge is 2.22. The van der Waals surface area contributed by atoms with Crippen molar-refractivity contribution in [2.24, 2.45) is 0 Å². The van der Waals surface area contributed by atoms with Crippen LogP contribution in [0.4, 0.5) is 13.2 Å². The molecule has 1 fully saturated rings. The molecule has 15 heavy (non-hydrogen) atoms. The van der Waals surface area contributed by atoms with Crippen LogP contribution in [-0.2, 0) is 4.74 Å². The number of morpholine rings is 1. The molecule has 0 amide bonds. The molecule has 82 valence electrons. The van der Waals surface area contributed by atoms with Gasteiger partial charge in [0, 0.05) is 24.7 Å². The maximum absolute atomic E-state index is 13.3. The average molecular weight is 217 g/mol. The van der Waals surface area contributed by atoms with Crippen molar-refractivity contribution in [3.63, 3.8) is 0 Å². The second-order valence-corrected chi connectivity index (χ2v) is 3.35. The Kier molecular flexibility index (Phi) is 2.93. The van der Waals surface area contributed by atoms with Crippen LogP contribution in [0.3, 0.4) is 0 Å². The molecule has 2 nitrogen and oxygen atoms in total. The van der Waals surface area contributed by atoms with E-state index in [1.165, 1.54) is 0 Å². The zero-order chi connectivity index (χ0) is 10.8. The van der Waals surface area contributed by atoms with Gasteiger partial charge >= 0.3 is 0 Å². The van der Waals surface area contributed by atoms with Gasteiger partial charge in [0.15, 0.2) is 11.6 Å². The van der Waals surface area contributed by atoms with Crippen molar-refractivity contribution in [2.75, 3.05) is 19.7 Å². The van der Waals surface area contributed by atoms with E-state index in [1.807, 2.05) is 0 Å². The third-order valence-electron chi connectivity index (χ3n) is 2.30. The van der Waals surface area contributed by atoms with Crippen LogP contribution in [0.1, 0.15) is 11.7 Å². The molecule has 1 aromatic rings. The van der Waals surface area contributed by atoms with E-state index >= 15 is 0 Å². The summed E-state index contributed by atoms with van der Waals surface area (Å²) < 4.78 is 44.3. The minimum Gasteiger partial charge on any atom is -0.371 e. The lowest BCUT2D eigenvalue weighted by atomic mass is 10.1. The average Bonchev–Trinajstić information content (AvgIpc) is 2.24. The molecule has 0 spiro atoms. The lowest BCUT2D eigenvalue weighted by Crippen LogP contribution is -2.34. The number of hydrogen-bond donors (Lipinski definition) is 1. The molecule has 0 radical (unpaired) electrons. The number of ether oxygens (including phenoxy) is 1. The normalized spacial score (nSPS) is 21.7. The fourth-order valence-electron chi connectivity index (χ4n) is 1.58. The van der Waals surface area contributed by atoms with Crippen LogP contribution in [-0.4, -0.2) is 19.7 Å². The molecule has 1 unspecified atom stereocenters. The van der Waals surface area contributed by atoms with Crippen molar-refractivity contribution in [1.29, 1.82) is 0 Å². The second kappa shape index (κ2) is 4.20. The Bertz CT molecular complexity index is 364. The Morgan fingerprint density at radius 2 is 2.07 bits per heavy atom. The predicted octanol–water partition coefficient (Wildman–Crippen LogP) is 1.76. The molecular formula is C10H10F3NO. The fourth-order valence-corrected chi connectivity index (χ4v) is 1.58. The van der Waals surface area contributed by atoms with Gasteiger partial charge < -0.3 is 10.1 Å². The number of rotatable bonds is 1. The standard InChI is InChI=1S/C10H10F3NO/c11-6-3-7(10(13)8(12)4-6)9-5-14-1-2-15-9/h3-4,9,14H,1-2,5H2. The molecule has 1 aliphatic rings. The molecule has 5 heteroatoms. The van der Waals surface area contributed by atoms with E-state index in [9.17, 15) is 13.2 Å². The molecule has 1 N–H and O–H groups in total. The minimum absolute atomic E-state index is 0.0697. The Morgan fingerprint density at radius 1 is 1.27 bits per heavy atom. The first kappa shape index (κ1) is 10.4. The summed E-state index contributed by atoms with van der Waals surface area (Å²) in [6.07, 6.45) is -0.621. The van der Waals surface area contributed by atoms with E-state index < -0.39 is 23.6 Å². The topological polar surface area (TPSA) is 21.3 Å². The molecule has 2 rings (SSSR count). The Morgan fingerprint density at radius 3 is 2.73 bits per heavy atom. The van der Waals surface area contributed by atoms with Gasteiger partial charge in [-0.25, -0.2) is 13.2 Å². The van der Waals surface area contributed by atoms with E-state index in [1.54, 1.807) is 0 Å². The van der Waals surface area contributed by atoms with Crippen molar-refractivity contribution >= 4 is 0 Å². The lowest BCUT2D eigenvalue weighted by molar-refractivity contribution is 0.0249. The van der Waals surface area contributed by atoms with Gasteiger partial charge in [0.25, 0.3) is 0 Å². The smallest absolute Gasteiger partial charge is 0.164 e. The summed E-state index contributed by atoms with van der Waals surface area (Å²) in [5.74, 6) is -3.01. The maximum Gasteiger partial charge on any atom is 0.164 e. The van der Waals surface area contributed by atoms with Crippen LogP contribution in [0.2, 0.25) is 0 Å². The number of benzene rings is 1. The van der Waals surface area contributed by atoms with Gasteiger partial charge in [-0.15, -0.1) is 0 Å². The monoisotopic (exact) mass is 217 g/mol. The van der Waals surface area contributed by atoms with E-state index in [4.69, 9.17) is 4.74 Å². The van der Waals surface area contributed by atoms with Gasteiger partial charge in [-0.05, 0) is 6.07 Å². The first-order valence-electron chi connectivity index (χ1n) is 4.65. The Balaban J connectivity index is 2.33. The van der Waals surface area contributed by atoms with Gasteiger partial charge in [-0.1, -0.05) is 0 Å². The van der Waals surface area contributed by atoms with Crippen LogP contribution >= 0.6 is 0 Å². The molecule has 1 aromatic carbocycles. The minimum atomic E-state index is -1.18. The van der Waals surface area contributed by atoms with Gasteiger partial charge in [0.1, 0.15) is 5.82 Å². The first-order chi connectivity index (χ1) is 7.18. The van der Waals surface area contributed by atoms with Gasteiger partial charge in [0.2, 0.25) is 0 Å². The molecule has 1 aliphatic heterocycles. The van der Waals surface area contributed by atoms with Crippen molar-refractivity contribution < 1.29 is 17.9 Å². The number of hydrogen-bond acceptors (Lipinski definition) is 2. The van der Waals surface area contributed by atoms with Crippen LogP contribution in [0.15, 0.2) is 12.1 Å². The van der Waals surface area contributed by atoms with E-state index in [-0.39, 0.29) is 5.56 Å².